The van der Waals surface area contributed by atoms with Gasteiger partial charge in [0, 0.05) is 6.42 Å². The summed E-state index contributed by atoms with van der Waals surface area (Å²) >= 11 is 0. The van der Waals surface area contributed by atoms with Crippen LogP contribution in [-0.2, 0) is 9.53 Å². The van der Waals surface area contributed by atoms with Crippen LogP contribution >= 0.6 is 0 Å². The van der Waals surface area contributed by atoms with E-state index < -0.39 is 42.5 Å². The van der Waals surface area contributed by atoms with Crippen LogP contribution in [0.1, 0.15) is 38.5 Å². The van der Waals surface area contributed by atoms with Crippen molar-refractivity contribution in [1.82, 2.24) is 0 Å². The highest BCUT2D eigenvalue weighted by atomic mass is 16.7. The molecule has 22 heavy (non-hydrogen) atoms. The van der Waals surface area contributed by atoms with E-state index in [2.05, 4.69) is 0 Å². The van der Waals surface area contributed by atoms with Crippen LogP contribution in [0.15, 0.2) is 0 Å². The average molecular weight is 320 g/mol. The van der Waals surface area contributed by atoms with Crippen molar-refractivity contribution in [1.29, 1.82) is 0 Å². The van der Waals surface area contributed by atoms with E-state index in [1.54, 1.807) is 0 Å². The van der Waals surface area contributed by atoms with Gasteiger partial charge in [0.05, 0.1) is 12.6 Å². The van der Waals surface area contributed by atoms with E-state index in [-0.39, 0.29) is 6.42 Å². The van der Waals surface area contributed by atoms with E-state index in [4.69, 9.17) is 21.3 Å². The Bertz CT molecular complexity index is 354. The number of aliphatic hydroxyl groups excluding tert-OH is 3. The molecule has 8 N–H and O–H groups in total. The Balaban J connectivity index is 2.54. The van der Waals surface area contributed by atoms with Gasteiger partial charge in [-0.15, -0.1) is 0 Å². The molecule has 1 unspecified atom stereocenters. The van der Waals surface area contributed by atoms with Gasteiger partial charge in [0.15, 0.2) is 5.78 Å². The summed E-state index contributed by atoms with van der Waals surface area (Å²) in [6.07, 6.45) is 0.0264. The van der Waals surface area contributed by atoms with Crippen LogP contribution in [0.3, 0.4) is 0 Å². The number of carbonyl (C=O) groups is 1. The van der Waals surface area contributed by atoms with E-state index in [0.29, 0.717) is 13.0 Å². The van der Waals surface area contributed by atoms with Crippen molar-refractivity contribution >= 4 is 5.78 Å². The highest BCUT2D eigenvalue weighted by molar-refractivity contribution is 5.86. The molecule has 1 saturated heterocycles. The van der Waals surface area contributed by atoms with E-state index in [1.807, 2.05) is 0 Å². The number of hydrogen-bond acceptors (Lipinski definition) is 8. The van der Waals surface area contributed by atoms with E-state index in [9.17, 15) is 20.1 Å². The fourth-order valence-electron chi connectivity index (χ4n) is 2.58. The molecule has 1 fully saturated rings. The van der Waals surface area contributed by atoms with Gasteiger partial charge in [0.2, 0.25) is 5.79 Å². The quantitative estimate of drug-likeness (QED) is 0.266. The number of nitrogens with two attached hydrogens (primary N) is 2. The Morgan fingerprint density at radius 3 is 2.27 bits per heavy atom. The van der Waals surface area contributed by atoms with Gasteiger partial charge >= 0.3 is 0 Å². The predicted molar refractivity (Wildman–Crippen MR) is 78.7 cm³/mol. The maximum Gasteiger partial charge on any atom is 0.245 e. The number of aliphatic hydroxyl groups is 4. The minimum absolute atomic E-state index is 0.0494. The fourth-order valence-corrected chi connectivity index (χ4v) is 2.58. The zero-order valence-electron chi connectivity index (χ0n) is 12.7. The lowest BCUT2D eigenvalue weighted by molar-refractivity contribution is -0.297. The van der Waals surface area contributed by atoms with Crippen molar-refractivity contribution < 1.29 is 30.0 Å². The van der Waals surface area contributed by atoms with Crippen molar-refractivity contribution in [3.05, 3.63) is 0 Å². The lowest BCUT2D eigenvalue weighted by atomic mass is 9.87. The first kappa shape index (κ1) is 19.4. The van der Waals surface area contributed by atoms with Crippen molar-refractivity contribution in [2.24, 2.45) is 11.5 Å². The molecule has 0 radical (unpaired) electrons. The molecule has 0 aliphatic carbocycles. The first-order chi connectivity index (χ1) is 10.4. The zero-order valence-corrected chi connectivity index (χ0v) is 12.7. The van der Waals surface area contributed by atoms with Crippen LogP contribution < -0.4 is 11.5 Å². The molecule has 0 bridgehead atoms. The maximum atomic E-state index is 12.2. The highest BCUT2D eigenvalue weighted by Crippen LogP contribution is 2.29. The fraction of sp³-hybridized carbons (Fsp3) is 0.929. The summed E-state index contributed by atoms with van der Waals surface area (Å²) in [6, 6.07) is -1.46. The second-order valence-electron chi connectivity index (χ2n) is 5.77. The molecule has 0 aromatic carbocycles. The van der Waals surface area contributed by atoms with Crippen LogP contribution in [0.4, 0.5) is 0 Å². The number of unbranched alkanes of at least 4 members (excludes halogenated alkanes) is 4. The Morgan fingerprint density at radius 1 is 1.09 bits per heavy atom. The first-order valence-electron chi connectivity index (χ1n) is 7.74. The van der Waals surface area contributed by atoms with Crippen molar-refractivity contribution in [3.63, 3.8) is 0 Å². The lowest BCUT2D eigenvalue weighted by Crippen LogP contribution is -2.71. The summed E-state index contributed by atoms with van der Waals surface area (Å²) in [7, 11) is 0. The molecule has 0 saturated carbocycles. The lowest BCUT2D eigenvalue weighted by Gasteiger charge is -2.45. The minimum Gasteiger partial charge on any atom is -0.394 e. The highest BCUT2D eigenvalue weighted by Gasteiger charge is 2.55. The van der Waals surface area contributed by atoms with Crippen molar-refractivity contribution in [2.75, 3.05) is 13.2 Å². The van der Waals surface area contributed by atoms with Gasteiger partial charge in [-0.05, 0) is 19.4 Å². The molecule has 130 valence electrons. The molecule has 0 spiro atoms. The Hall–Kier alpha value is -0.610. The zero-order chi connectivity index (χ0) is 16.8. The normalized spacial score (nSPS) is 35.5. The molecule has 8 heteroatoms. The summed E-state index contributed by atoms with van der Waals surface area (Å²) in [5, 5.41) is 38.9. The smallest absolute Gasteiger partial charge is 0.245 e. The predicted octanol–water partition coefficient (Wildman–Crippen LogP) is -2.02. The Labute approximate surface area is 130 Å². The van der Waals surface area contributed by atoms with Gasteiger partial charge in [-0.2, -0.15) is 0 Å². The molecule has 1 rings (SSSR count). The molecular formula is C14H28N2O6. The number of ketones is 1. The summed E-state index contributed by atoms with van der Waals surface area (Å²) in [6.45, 7) is 0.00373. The summed E-state index contributed by atoms with van der Waals surface area (Å²) < 4.78 is 5.08. The monoisotopic (exact) mass is 320 g/mol. The van der Waals surface area contributed by atoms with Gasteiger partial charge in [0.1, 0.15) is 18.3 Å². The minimum atomic E-state index is -2.39. The van der Waals surface area contributed by atoms with Gasteiger partial charge in [-0.1, -0.05) is 19.3 Å². The standard InChI is InChI=1S/C14H28N2O6/c15-7-5-3-1-2-4-6-10(18)14(21)13(16)12(20)11(19)9(8-17)22-14/h9,11-13,17,19-21H,1-8,15-16H2/t9-,11+,12+,13-,14?/m1/s1. The summed E-state index contributed by atoms with van der Waals surface area (Å²) in [5.74, 6) is -3.04. The molecule has 0 aromatic rings. The number of ether oxygens (including phenoxy) is 1. The number of carbonyl (C=O) groups excluding carboxylic acids is 1. The molecule has 1 heterocycles. The summed E-state index contributed by atoms with van der Waals surface area (Å²) in [5.41, 5.74) is 11.0. The molecule has 1 aliphatic heterocycles. The Morgan fingerprint density at radius 2 is 1.68 bits per heavy atom. The van der Waals surface area contributed by atoms with Crippen LogP contribution in [0.5, 0.6) is 0 Å². The third-order valence-corrected chi connectivity index (χ3v) is 4.07. The average Bonchev–Trinajstić information content (AvgIpc) is 2.52. The molecule has 8 nitrogen and oxygen atoms in total. The second-order valence-corrected chi connectivity index (χ2v) is 5.77. The molecular weight excluding hydrogens is 292 g/mol. The van der Waals surface area contributed by atoms with Gasteiger partial charge in [-0.25, -0.2) is 0 Å². The van der Waals surface area contributed by atoms with Crippen LogP contribution in [0.2, 0.25) is 0 Å². The molecule has 0 aromatic heterocycles. The van der Waals surface area contributed by atoms with Gasteiger partial charge in [-0.3, -0.25) is 4.79 Å². The number of rotatable bonds is 9. The van der Waals surface area contributed by atoms with Crippen molar-refractivity contribution in [2.45, 2.75) is 68.7 Å². The third-order valence-electron chi connectivity index (χ3n) is 4.07. The van der Waals surface area contributed by atoms with Gasteiger partial charge < -0.3 is 36.6 Å². The number of Topliss-reactive ketones (excluding diaryl/α,β-unsaturated/α-hetero) is 1. The van der Waals surface area contributed by atoms with Crippen LogP contribution in [-0.4, -0.2) is 69.5 Å². The van der Waals surface area contributed by atoms with Crippen LogP contribution in [0, 0.1) is 0 Å². The molecule has 0 amide bonds. The summed E-state index contributed by atoms with van der Waals surface area (Å²) in [4.78, 5) is 12.2. The van der Waals surface area contributed by atoms with E-state index in [1.165, 1.54) is 0 Å². The first-order valence-corrected chi connectivity index (χ1v) is 7.74. The molecule has 5 atom stereocenters. The van der Waals surface area contributed by atoms with Crippen LogP contribution in [0.25, 0.3) is 0 Å². The third kappa shape index (κ3) is 4.45. The topological polar surface area (TPSA) is 159 Å². The molecule has 1 aliphatic rings. The maximum absolute atomic E-state index is 12.2. The largest absolute Gasteiger partial charge is 0.394 e. The Kier molecular flexibility index (Phi) is 7.84. The van der Waals surface area contributed by atoms with Crippen molar-refractivity contribution in [3.8, 4) is 0 Å². The number of hydrogen-bond donors (Lipinski definition) is 6. The van der Waals surface area contributed by atoms with E-state index in [0.717, 1.165) is 25.7 Å². The SMILES string of the molecule is NCCCCCCCC(=O)C1(O)O[C@H](CO)[C@H](O)[C@H](O)[C@H]1N. The van der Waals surface area contributed by atoms with Gasteiger partial charge in [0.25, 0.3) is 0 Å². The second kappa shape index (κ2) is 8.88. The van der Waals surface area contributed by atoms with E-state index >= 15 is 0 Å².